The van der Waals surface area contributed by atoms with Gasteiger partial charge in [-0.1, -0.05) is 25.1 Å². The van der Waals surface area contributed by atoms with Crippen LogP contribution < -0.4 is 11.1 Å². The summed E-state index contributed by atoms with van der Waals surface area (Å²) >= 11 is 0. The van der Waals surface area contributed by atoms with Gasteiger partial charge in [0.25, 0.3) is 0 Å². The molecule has 32 heavy (non-hydrogen) atoms. The molecule has 3 aromatic heterocycles. The predicted octanol–water partition coefficient (Wildman–Crippen LogP) is 4.08. The van der Waals surface area contributed by atoms with Crippen molar-refractivity contribution in [2.45, 2.75) is 51.7 Å². The largest absolute Gasteiger partial charge is 0.445 e. The maximum atomic E-state index is 12.5. The van der Waals surface area contributed by atoms with Gasteiger partial charge in [-0.05, 0) is 38.5 Å². The van der Waals surface area contributed by atoms with Crippen LogP contribution in [0.4, 0.5) is 10.6 Å². The minimum Gasteiger partial charge on any atom is -0.445 e. The van der Waals surface area contributed by atoms with E-state index in [4.69, 9.17) is 10.5 Å². The van der Waals surface area contributed by atoms with Gasteiger partial charge in [-0.15, -0.1) is 0 Å². The SMILES string of the molecule is CC1c2c(-c3cnc4ccccc4c3)c3c(N)ncnn3c2C[C@H]1OC(=O)NC(C)(C)C. The number of nitrogens with zero attached hydrogens (tertiary/aromatic N) is 4. The Morgan fingerprint density at radius 3 is 2.81 bits per heavy atom. The number of hydrogen-bond acceptors (Lipinski definition) is 6. The summed E-state index contributed by atoms with van der Waals surface area (Å²) in [5.41, 5.74) is 11.6. The van der Waals surface area contributed by atoms with Gasteiger partial charge in [0.2, 0.25) is 0 Å². The molecule has 0 aliphatic heterocycles. The van der Waals surface area contributed by atoms with Gasteiger partial charge in [-0.3, -0.25) is 4.98 Å². The number of pyridine rings is 1. The second-order valence-corrected chi connectivity index (χ2v) is 9.37. The molecule has 1 unspecified atom stereocenters. The minimum absolute atomic E-state index is 0.0433. The van der Waals surface area contributed by atoms with Crippen LogP contribution >= 0.6 is 0 Å². The number of aromatic nitrogens is 4. The van der Waals surface area contributed by atoms with E-state index in [1.807, 2.05) is 55.7 Å². The zero-order valence-corrected chi connectivity index (χ0v) is 18.6. The van der Waals surface area contributed by atoms with Gasteiger partial charge in [0.05, 0.1) is 11.2 Å². The minimum atomic E-state index is -0.420. The fourth-order valence-corrected chi connectivity index (χ4v) is 4.55. The maximum Gasteiger partial charge on any atom is 0.407 e. The smallest absolute Gasteiger partial charge is 0.407 e. The Morgan fingerprint density at radius 2 is 2.03 bits per heavy atom. The summed E-state index contributed by atoms with van der Waals surface area (Å²) in [6.45, 7) is 7.85. The van der Waals surface area contributed by atoms with E-state index >= 15 is 0 Å². The fourth-order valence-electron chi connectivity index (χ4n) is 4.55. The van der Waals surface area contributed by atoms with Gasteiger partial charge in [-0.2, -0.15) is 5.10 Å². The molecule has 4 aromatic rings. The Morgan fingerprint density at radius 1 is 1.25 bits per heavy atom. The highest BCUT2D eigenvalue weighted by molar-refractivity contribution is 5.94. The highest BCUT2D eigenvalue weighted by Crippen LogP contribution is 2.46. The first-order valence-corrected chi connectivity index (χ1v) is 10.7. The average molecular weight is 431 g/mol. The number of benzene rings is 1. The van der Waals surface area contributed by atoms with E-state index in [0.29, 0.717) is 12.2 Å². The van der Waals surface area contributed by atoms with Crippen molar-refractivity contribution in [1.29, 1.82) is 0 Å². The van der Waals surface area contributed by atoms with Crippen LogP contribution in [-0.2, 0) is 11.2 Å². The van der Waals surface area contributed by atoms with Gasteiger partial charge in [0, 0.05) is 40.6 Å². The number of nitrogens with one attached hydrogen (secondary N) is 1. The summed E-state index contributed by atoms with van der Waals surface area (Å²) in [5, 5.41) is 8.39. The Labute approximate surface area is 185 Å². The molecule has 5 rings (SSSR count). The van der Waals surface area contributed by atoms with Crippen LogP contribution in [0, 0.1) is 0 Å². The number of carbonyl (C=O) groups excluding carboxylic acids is 1. The average Bonchev–Trinajstić information content (AvgIpc) is 3.22. The molecule has 0 saturated heterocycles. The number of nitrogen functional groups attached to an aromatic ring is 1. The third-order valence-electron chi connectivity index (χ3n) is 5.91. The standard InChI is InChI=1S/C24H26N6O2/c1-13-18(32-23(31)29-24(2,3)4)10-17-19(13)20(21-22(25)27-12-28-30(17)21)15-9-14-7-5-6-8-16(14)26-11-15/h5-9,11-13,18H,10H2,1-4H3,(H,29,31)(H2,25,27,28)/t13?,18-/m1/s1. The summed E-state index contributed by atoms with van der Waals surface area (Å²) in [4.78, 5) is 21.3. The molecule has 0 bridgehead atoms. The molecule has 1 amide bonds. The Balaban J connectivity index is 1.63. The molecule has 164 valence electrons. The summed E-state index contributed by atoms with van der Waals surface area (Å²) in [6.07, 6.45) is 3.14. The zero-order valence-electron chi connectivity index (χ0n) is 18.6. The van der Waals surface area contributed by atoms with Crippen molar-refractivity contribution >= 4 is 28.3 Å². The number of carbonyl (C=O) groups is 1. The van der Waals surface area contributed by atoms with Crippen LogP contribution in [-0.4, -0.2) is 37.3 Å². The third-order valence-corrected chi connectivity index (χ3v) is 5.91. The lowest BCUT2D eigenvalue weighted by atomic mass is 9.94. The molecule has 3 N–H and O–H groups in total. The number of ether oxygens (including phenoxy) is 1. The lowest BCUT2D eigenvalue weighted by Gasteiger charge is -2.24. The molecule has 3 heterocycles. The number of amides is 1. The molecule has 8 heteroatoms. The van der Waals surface area contributed by atoms with E-state index in [0.717, 1.165) is 38.8 Å². The summed E-state index contributed by atoms with van der Waals surface area (Å²) < 4.78 is 7.66. The van der Waals surface area contributed by atoms with E-state index in [-0.39, 0.29) is 17.6 Å². The molecule has 1 aromatic carbocycles. The van der Waals surface area contributed by atoms with Crippen molar-refractivity contribution < 1.29 is 9.53 Å². The Hall–Kier alpha value is -3.68. The van der Waals surface area contributed by atoms with E-state index in [1.165, 1.54) is 6.33 Å². The Kier molecular flexibility index (Phi) is 4.54. The van der Waals surface area contributed by atoms with Gasteiger partial charge in [0.15, 0.2) is 5.82 Å². The number of hydrogen-bond donors (Lipinski definition) is 2. The molecule has 0 saturated carbocycles. The number of anilines is 1. The van der Waals surface area contributed by atoms with Crippen molar-refractivity contribution in [3.63, 3.8) is 0 Å². The fraction of sp³-hybridized carbons (Fsp3) is 0.333. The zero-order chi connectivity index (χ0) is 22.6. The number of alkyl carbamates (subject to hydrolysis) is 1. The maximum absolute atomic E-state index is 12.5. The molecule has 0 radical (unpaired) electrons. The molecular formula is C24H26N6O2. The summed E-state index contributed by atoms with van der Waals surface area (Å²) in [7, 11) is 0. The molecule has 1 aliphatic carbocycles. The first-order valence-electron chi connectivity index (χ1n) is 10.7. The predicted molar refractivity (Wildman–Crippen MR) is 123 cm³/mol. The van der Waals surface area contributed by atoms with E-state index < -0.39 is 6.09 Å². The van der Waals surface area contributed by atoms with Gasteiger partial charge < -0.3 is 15.8 Å². The number of para-hydroxylation sites is 1. The second kappa shape index (κ2) is 7.19. The summed E-state index contributed by atoms with van der Waals surface area (Å²) in [6, 6.07) is 10.1. The van der Waals surface area contributed by atoms with Crippen LogP contribution in [0.15, 0.2) is 42.9 Å². The van der Waals surface area contributed by atoms with Crippen molar-refractivity contribution in [1.82, 2.24) is 24.9 Å². The van der Waals surface area contributed by atoms with Crippen LogP contribution in [0.5, 0.6) is 0 Å². The topological polar surface area (TPSA) is 107 Å². The van der Waals surface area contributed by atoms with Gasteiger partial charge in [0.1, 0.15) is 17.9 Å². The summed E-state index contributed by atoms with van der Waals surface area (Å²) in [5.74, 6) is 0.367. The number of fused-ring (bicyclic) bond motifs is 4. The Bertz CT molecular complexity index is 1350. The van der Waals surface area contributed by atoms with Gasteiger partial charge >= 0.3 is 6.09 Å². The monoisotopic (exact) mass is 430 g/mol. The quantitative estimate of drug-likeness (QED) is 0.496. The molecule has 0 spiro atoms. The molecule has 1 aliphatic rings. The van der Waals surface area contributed by atoms with Crippen LogP contribution in [0.2, 0.25) is 0 Å². The van der Waals surface area contributed by atoms with Crippen LogP contribution in [0.25, 0.3) is 27.5 Å². The van der Waals surface area contributed by atoms with Crippen molar-refractivity contribution in [3.8, 4) is 11.1 Å². The first kappa shape index (κ1) is 20.2. The first-order chi connectivity index (χ1) is 15.2. The third kappa shape index (κ3) is 3.32. The lowest BCUT2D eigenvalue weighted by molar-refractivity contribution is 0.0849. The molecular weight excluding hydrogens is 404 g/mol. The highest BCUT2D eigenvalue weighted by atomic mass is 16.6. The number of nitrogens with two attached hydrogens (primary N) is 1. The van der Waals surface area contributed by atoms with Crippen molar-refractivity contribution in [2.75, 3.05) is 5.73 Å². The molecule has 8 nitrogen and oxygen atoms in total. The van der Waals surface area contributed by atoms with E-state index in [2.05, 4.69) is 33.4 Å². The number of rotatable bonds is 2. The van der Waals surface area contributed by atoms with E-state index in [9.17, 15) is 4.79 Å². The van der Waals surface area contributed by atoms with E-state index in [1.54, 1.807) is 0 Å². The van der Waals surface area contributed by atoms with Crippen molar-refractivity contribution in [3.05, 3.63) is 54.1 Å². The van der Waals surface area contributed by atoms with Crippen LogP contribution in [0.1, 0.15) is 44.9 Å². The normalized spacial score (nSPS) is 18.1. The van der Waals surface area contributed by atoms with Crippen LogP contribution in [0.3, 0.4) is 0 Å². The molecule has 0 fully saturated rings. The van der Waals surface area contributed by atoms with Gasteiger partial charge in [-0.25, -0.2) is 14.3 Å². The highest BCUT2D eigenvalue weighted by Gasteiger charge is 2.39. The van der Waals surface area contributed by atoms with Crippen molar-refractivity contribution in [2.24, 2.45) is 0 Å². The lowest BCUT2D eigenvalue weighted by Crippen LogP contribution is -2.42. The molecule has 2 atom stereocenters. The second-order valence-electron chi connectivity index (χ2n) is 9.37.